The van der Waals surface area contributed by atoms with Crippen LogP contribution < -0.4 is 0 Å². The SMILES string of the molecule is O=CCC[C@H]1[C@H](N2CCOCC2)[C@@H](O)C[C@H]1OCc1ccc(Cc2ccccc2)cc1. The number of aliphatic hydroxyl groups is 1. The van der Waals surface area contributed by atoms with Gasteiger partial charge in [0, 0.05) is 37.9 Å². The van der Waals surface area contributed by atoms with Crippen molar-refractivity contribution in [3.8, 4) is 0 Å². The van der Waals surface area contributed by atoms with Crippen molar-refractivity contribution in [3.63, 3.8) is 0 Å². The smallest absolute Gasteiger partial charge is 0.120 e. The van der Waals surface area contributed by atoms with Crippen molar-refractivity contribution in [1.82, 2.24) is 4.90 Å². The van der Waals surface area contributed by atoms with Gasteiger partial charge in [-0.2, -0.15) is 0 Å². The van der Waals surface area contributed by atoms with Gasteiger partial charge in [0.15, 0.2) is 0 Å². The molecule has 1 aliphatic carbocycles. The van der Waals surface area contributed by atoms with E-state index in [2.05, 4.69) is 53.4 Å². The van der Waals surface area contributed by atoms with E-state index in [9.17, 15) is 9.90 Å². The zero-order chi connectivity index (χ0) is 21.5. The number of hydrogen-bond donors (Lipinski definition) is 1. The average Bonchev–Trinajstić information content (AvgIpc) is 3.13. The summed E-state index contributed by atoms with van der Waals surface area (Å²) in [5.41, 5.74) is 3.72. The largest absolute Gasteiger partial charge is 0.391 e. The van der Waals surface area contributed by atoms with Crippen LogP contribution >= 0.6 is 0 Å². The number of benzene rings is 2. The molecule has 2 fully saturated rings. The molecule has 5 nitrogen and oxygen atoms in total. The van der Waals surface area contributed by atoms with Crippen molar-refractivity contribution in [2.24, 2.45) is 5.92 Å². The third-order valence-corrected chi connectivity index (χ3v) is 6.61. The highest BCUT2D eigenvalue weighted by atomic mass is 16.5. The van der Waals surface area contributed by atoms with Gasteiger partial charge >= 0.3 is 0 Å². The number of nitrogens with zero attached hydrogens (tertiary/aromatic N) is 1. The Balaban J connectivity index is 1.36. The Kier molecular flexibility index (Phi) is 7.86. The summed E-state index contributed by atoms with van der Waals surface area (Å²) in [7, 11) is 0. The molecule has 1 aliphatic heterocycles. The van der Waals surface area contributed by atoms with Gasteiger partial charge in [-0.25, -0.2) is 0 Å². The first kappa shape index (κ1) is 22.2. The molecule has 31 heavy (non-hydrogen) atoms. The van der Waals surface area contributed by atoms with Crippen molar-refractivity contribution >= 4 is 6.29 Å². The summed E-state index contributed by atoms with van der Waals surface area (Å²) < 4.78 is 11.8. The summed E-state index contributed by atoms with van der Waals surface area (Å²) in [5.74, 6) is 0.163. The van der Waals surface area contributed by atoms with E-state index in [0.29, 0.717) is 32.7 Å². The normalized spacial score (nSPS) is 26.7. The number of ether oxygens (including phenoxy) is 2. The van der Waals surface area contributed by atoms with Gasteiger partial charge < -0.3 is 19.4 Å². The molecular weight excluding hydrogens is 390 g/mol. The summed E-state index contributed by atoms with van der Waals surface area (Å²) in [6, 6.07) is 19.1. The molecule has 1 saturated carbocycles. The summed E-state index contributed by atoms with van der Waals surface area (Å²) in [5, 5.41) is 10.8. The lowest BCUT2D eigenvalue weighted by Crippen LogP contribution is -2.50. The molecule has 1 heterocycles. The minimum absolute atomic E-state index is 0.0354. The third-order valence-electron chi connectivity index (χ3n) is 6.61. The lowest BCUT2D eigenvalue weighted by molar-refractivity contribution is -0.108. The Morgan fingerprint density at radius 2 is 1.68 bits per heavy atom. The number of aldehydes is 1. The molecule has 2 aromatic carbocycles. The van der Waals surface area contributed by atoms with E-state index in [1.54, 1.807) is 0 Å². The standard InChI is InChI=1S/C26H33NO4/c28-14-4-7-23-25(18-24(29)26(23)27-12-15-30-16-13-27)31-19-22-10-8-21(9-11-22)17-20-5-2-1-3-6-20/h1-3,5-6,8-11,14,23-26,29H,4,7,12-13,15-19H2/t23-,24+,25-,26+/m1/s1. The van der Waals surface area contributed by atoms with Crippen LogP contribution in [0.25, 0.3) is 0 Å². The molecule has 0 amide bonds. The van der Waals surface area contributed by atoms with Gasteiger partial charge in [0.2, 0.25) is 0 Å². The van der Waals surface area contributed by atoms with Crippen LogP contribution in [0.15, 0.2) is 54.6 Å². The van der Waals surface area contributed by atoms with Gasteiger partial charge in [0.1, 0.15) is 6.29 Å². The maximum Gasteiger partial charge on any atom is 0.120 e. The molecule has 5 heteroatoms. The molecule has 4 atom stereocenters. The Morgan fingerprint density at radius 1 is 1.00 bits per heavy atom. The molecule has 2 aromatic rings. The topological polar surface area (TPSA) is 59.0 Å². The van der Waals surface area contributed by atoms with Crippen LogP contribution in [0.3, 0.4) is 0 Å². The number of morpholine rings is 1. The molecule has 0 radical (unpaired) electrons. The Bertz CT molecular complexity index is 804. The Labute approximate surface area is 185 Å². The van der Waals surface area contributed by atoms with E-state index in [1.165, 1.54) is 11.1 Å². The van der Waals surface area contributed by atoms with Crippen LogP contribution in [0.5, 0.6) is 0 Å². The number of carbonyl (C=O) groups excluding carboxylic acids is 1. The van der Waals surface area contributed by atoms with Crippen molar-refractivity contribution in [2.45, 2.75) is 50.5 Å². The van der Waals surface area contributed by atoms with Gasteiger partial charge in [-0.3, -0.25) is 4.90 Å². The second kappa shape index (κ2) is 11.0. The van der Waals surface area contributed by atoms with Crippen molar-refractivity contribution in [3.05, 3.63) is 71.3 Å². The quantitative estimate of drug-likeness (QED) is 0.628. The van der Waals surface area contributed by atoms with Gasteiger partial charge in [-0.05, 0) is 29.5 Å². The Hall–Kier alpha value is -2.05. The van der Waals surface area contributed by atoms with E-state index in [4.69, 9.17) is 9.47 Å². The molecule has 4 rings (SSSR count). The van der Waals surface area contributed by atoms with E-state index < -0.39 is 6.10 Å². The second-order valence-corrected chi connectivity index (χ2v) is 8.68. The highest BCUT2D eigenvalue weighted by molar-refractivity contribution is 5.49. The predicted octanol–water partition coefficient (Wildman–Crippen LogP) is 3.22. The Morgan fingerprint density at radius 3 is 2.39 bits per heavy atom. The zero-order valence-electron chi connectivity index (χ0n) is 18.1. The molecule has 1 saturated heterocycles. The van der Waals surface area contributed by atoms with E-state index in [1.807, 2.05) is 6.07 Å². The molecule has 166 valence electrons. The summed E-state index contributed by atoms with van der Waals surface area (Å²) in [4.78, 5) is 13.4. The number of aliphatic hydroxyl groups excluding tert-OH is 1. The zero-order valence-corrected chi connectivity index (χ0v) is 18.1. The molecule has 0 unspecified atom stereocenters. The first-order chi connectivity index (χ1) is 15.2. The van der Waals surface area contributed by atoms with Crippen LogP contribution in [0.4, 0.5) is 0 Å². The minimum Gasteiger partial charge on any atom is -0.391 e. The lowest BCUT2D eigenvalue weighted by atomic mass is 9.94. The lowest BCUT2D eigenvalue weighted by Gasteiger charge is -2.37. The number of rotatable bonds is 9. The van der Waals surface area contributed by atoms with Gasteiger partial charge in [0.05, 0.1) is 32.0 Å². The fourth-order valence-electron chi connectivity index (χ4n) is 5.04. The van der Waals surface area contributed by atoms with Crippen LogP contribution in [-0.4, -0.2) is 60.8 Å². The maximum atomic E-state index is 11.0. The average molecular weight is 424 g/mol. The van der Waals surface area contributed by atoms with Crippen molar-refractivity contribution in [2.75, 3.05) is 26.3 Å². The van der Waals surface area contributed by atoms with Gasteiger partial charge in [-0.1, -0.05) is 54.6 Å². The molecule has 0 aromatic heterocycles. The van der Waals surface area contributed by atoms with E-state index in [-0.39, 0.29) is 18.1 Å². The predicted molar refractivity (Wildman–Crippen MR) is 120 cm³/mol. The second-order valence-electron chi connectivity index (χ2n) is 8.68. The maximum absolute atomic E-state index is 11.0. The van der Waals surface area contributed by atoms with Crippen molar-refractivity contribution in [1.29, 1.82) is 0 Å². The minimum atomic E-state index is -0.423. The molecule has 2 aliphatic rings. The van der Waals surface area contributed by atoms with E-state index in [0.717, 1.165) is 37.8 Å². The molecule has 1 N–H and O–H groups in total. The van der Waals surface area contributed by atoms with Crippen LogP contribution in [0.1, 0.15) is 36.0 Å². The summed E-state index contributed by atoms with van der Waals surface area (Å²) in [6.07, 6.45) is 3.32. The molecule has 0 spiro atoms. The van der Waals surface area contributed by atoms with Crippen LogP contribution in [-0.2, 0) is 27.3 Å². The van der Waals surface area contributed by atoms with Gasteiger partial charge in [-0.15, -0.1) is 0 Å². The van der Waals surface area contributed by atoms with Crippen LogP contribution in [0, 0.1) is 5.92 Å². The highest BCUT2D eigenvalue weighted by Crippen LogP contribution is 2.36. The van der Waals surface area contributed by atoms with Crippen molar-refractivity contribution < 1.29 is 19.4 Å². The summed E-state index contributed by atoms with van der Waals surface area (Å²) in [6.45, 7) is 3.58. The molecular formula is C26H33NO4. The van der Waals surface area contributed by atoms with Gasteiger partial charge in [0.25, 0.3) is 0 Å². The first-order valence-corrected chi connectivity index (χ1v) is 11.4. The number of carbonyl (C=O) groups is 1. The number of hydrogen-bond acceptors (Lipinski definition) is 5. The third kappa shape index (κ3) is 5.80. The van der Waals surface area contributed by atoms with Crippen LogP contribution in [0.2, 0.25) is 0 Å². The fourth-order valence-corrected chi connectivity index (χ4v) is 5.04. The highest BCUT2D eigenvalue weighted by Gasteiger charge is 2.45. The first-order valence-electron chi connectivity index (χ1n) is 11.4. The summed E-state index contributed by atoms with van der Waals surface area (Å²) >= 11 is 0. The fraction of sp³-hybridized carbons (Fsp3) is 0.500. The monoisotopic (exact) mass is 423 g/mol. The van der Waals surface area contributed by atoms with E-state index >= 15 is 0 Å². The molecule has 0 bridgehead atoms.